The number of rotatable bonds is 3. The van der Waals surface area contributed by atoms with Crippen molar-refractivity contribution < 1.29 is 4.39 Å². The van der Waals surface area contributed by atoms with Crippen molar-refractivity contribution in [2.45, 2.75) is 6.42 Å². The monoisotopic (exact) mass is 233 g/mol. The molecule has 0 nitrogen and oxygen atoms in total. The van der Waals surface area contributed by atoms with Crippen LogP contribution in [0, 0.1) is 12.2 Å². The van der Waals surface area contributed by atoms with Gasteiger partial charge < -0.3 is 0 Å². The summed E-state index contributed by atoms with van der Waals surface area (Å²) >= 11 is 6.01. The van der Waals surface area contributed by atoms with Gasteiger partial charge in [0.05, 0.1) is 0 Å². The van der Waals surface area contributed by atoms with Gasteiger partial charge in [-0.1, -0.05) is 48.0 Å². The largest absolute Gasteiger partial charge is 0.207 e. The zero-order valence-electron chi connectivity index (χ0n) is 8.66. The van der Waals surface area contributed by atoms with E-state index < -0.39 is 0 Å². The minimum atomic E-state index is -0.175. The first-order valence-electron chi connectivity index (χ1n) is 5.08. The molecule has 16 heavy (non-hydrogen) atoms. The topological polar surface area (TPSA) is 0 Å². The lowest BCUT2D eigenvalue weighted by atomic mass is 10.0. The van der Waals surface area contributed by atoms with E-state index in [9.17, 15) is 4.39 Å². The Morgan fingerprint density at radius 3 is 2.44 bits per heavy atom. The third-order valence-corrected chi connectivity index (χ3v) is 2.75. The second kappa shape index (κ2) is 5.13. The molecule has 0 aliphatic heterocycles. The first kappa shape index (κ1) is 11.2. The Morgan fingerprint density at radius 1 is 1.00 bits per heavy atom. The Hall–Kier alpha value is -1.34. The molecule has 2 aromatic rings. The Labute approximate surface area is 99.7 Å². The maximum Gasteiger partial charge on any atom is 0.126 e. The van der Waals surface area contributed by atoms with Crippen LogP contribution in [0.3, 0.4) is 0 Å². The zero-order valence-corrected chi connectivity index (χ0v) is 9.42. The molecular weight excluding hydrogens is 223 g/mol. The first-order chi connectivity index (χ1) is 7.77. The lowest BCUT2D eigenvalue weighted by molar-refractivity contribution is 0.613. The minimum Gasteiger partial charge on any atom is -0.207 e. The Balaban J connectivity index is 2.09. The molecule has 0 aliphatic carbocycles. The molecule has 0 saturated carbocycles. The highest BCUT2D eigenvalue weighted by Crippen LogP contribution is 2.19. The minimum absolute atomic E-state index is 0.175. The molecule has 0 amide bonds. The van der Waals surface area contributed by atoms with Gasteiger partial charge in [-0.05, 0) is 36.1 Å². The molecule has 2 heteroatoms. The van der Waals surface area contributed by atoms with E-state index in [-0.39, 0.29) is 5.82 Å². The van der Waals surface area contributed by atoms with Crippen LogP contribution in [0.4, 0.5) is 4.39 Å². The molecule has 0 spiro atoms. The van der Waals surface area contributed by atoms with E-state index in [4.69, 9.17) is 11.6 Å². The predicted octanol–water partition coefficient (Wildman–Crippen LogP) is 4.27. The van der Waals surface area contributed by atoms with Crippen LogP contribution >= 0.6 is 11.6 Å². The normalized spacial score (nSPS) is 10.4. The van der Waals surface area contributed by atoms with Crippen molar-refractivity contribution in [2.75, 3.05) is 0 Å². The van der Waals surface area contributed by atoms with Crippen molar-refractivity contribution in [2.24, 2.45) is 0 Å². The molecule has 81 valence electrons. The average Bonchev–Trinajstić information content (AvgIpc) is 2.30. The van der Waals surface area contributed by atoms with Gasteiger partial charge >= 0.3 is 0 Å². The second-order valence-electron chi connectivity index (χ2n) is 3.52. The van der Waals surface area contributed by atoms with E-state index in [1.165, 1.54) is 6.07 Å². The van der Waals surface area contributed by atoms with Gasteiger partial charge in [-0.2, -0.15) is 0 Å². The third-order valence-electron chi connectivity index (χ3n) is 2.40. The third kappa shape index (κ3) is 2.61. The summed E-state index contributed by atoms with van der Waals surface area (Å²) in [6.45, 7) is 0. The van der Waals surface area contributed by atoms with Gasteiger partial charge in [0.2, 0.25) is 0 Å². The molecule has 0 aromatic heterocycles. The molecule has 0 aliphatic rings. The van der Waals surface area contributed by atoms with Crippen LogP contribution < -0.4 is 0 Å². The summed E-state index contributed by atoms with van der Waals surface area (Å²) in [5.74, 6) is -0.175. The SMILES string of the molecule is Fc1ccccc1C[CH]c1ccccc1Cl. The number of hydrogen-bond donors (Lipinski definition) is 0. The standard InChI is InChI=1S/C14H11ClF/c15-13-7-3-1-5-11(13)9-10-12-6-2-4-8-14(12)16/h1-9H,10H2. The summed E-state index contributed by atoms with van der Waals surface area (Å²) in [6.07, 6.45) is 2.48. The van der Waals surface area contributed by atoms with Crippen LogP contribution in [0.15, 0.2) is 48.5 Å². The quantitative estimate of drug-likeness (QED) is 0.743. The Bertz CT molecular complexity index is 434. The van der Waals surface area contributed by atoms with E-state index in [2.05, 4.69) is 0 Å². The Morgan fingerprint density at radius 2 is 1.69 bits per heavy atom. The summed E-state index contributed by atoms with van der Waals surface area (Å²) in [5, 5.41) is 0.693. The van der Waals surface area contributed by atoms with E-state index in [1.807, 2.05) is 36.8 Å². The van der Waals surface area contributed by atoms with E-state index in [1.54, 1.807) is 12.1 Å². The van der Waals surface area contributed by atoms with Crippen LogP contribution in [0.5, 0.6) is 0 Å². The number of halogens is 2. The molecule has 0 heterocycles. The van der Waals surface area contributed by atoms with Crippen LogP contribution in [-0.4, -0.2) is 0 Å². The van der Waals surface area contributed by atoms with Crippen molar-refractivity contribution in [3.8, 4) is 0 Å². The summed E-state index contributed by atoms with van der Waals surface area (Å²) in [4.78, 5) is 0. The molecule has 0 saturated heterocycles. The zero-order chi connectivity index (χ0) is 11.4. The molecule has 0 N–H and O–H groups in total. The fourth-order valence-electron chi connectivity index (χ4n) is 1.52. The highest BCUT2D eigenvalue weighted by molar-refractivity contribution is 6.31. The van der Waals surface area contributed by atoms with Gasteiger partial charge in [-0.15, -0.1) is 0 Å². The van der Waals surface area contributed by atoms with Crippen molar-refractivity contribution in [3.63, 3.8) is 0 Å². The van der Waals surface area contributed by atoms with Gasteiger partial charge in [0, 0.05) is 5.02 Å². The molecule has 1 radical (unpaired) electrons. The summed E-state index contributed by atoms with van der Waals surface area (Å²) in [5.41, 5.74) is 1.62. The van der Waals surface area contributed by atoms with E-state index in [0.29, 0.717) is 17.0 Å². The smallest absolute Gasteiger partial charge is 0.126 e. The predicted molar refractivity (Wildman–Crippen MR) is 65.0 cm³/mol. The fraction of sp³-hybridized carbons (Fsp3) is 0.0714. The van der Waals surface area contributed by atoms with Gasteiger partial charge in [-0.25, -0.2) is 4.39 Å². The molecule has 0 fully saturated rings. The van der Waals surface area contributed by atoms with Crippen molar-refractivity contribution in [1.82, 2.24) is 0 Å². The first-order valence-corrected chi connectivity index (χ1v) is 5.46. The van der Waals surface area contributed by atoms with Crippen LogP contribution in [0.1, 0.15) is 11.1 Å². The molecular formula is C14H11ClF. The van der Waals surface area contributed by atoms with Crippen molar-refractivity contribution in [1.29, 1.82) is 0 Å². The maximum absolute atomic E-state index is 13.3. The second-order valence-corrected chi connectivity index (χ2v) is 3.93. The Kier molecular flexibility index (Phi) is 3.58. The number of hydrogen-bond acceptors (Lipinski definition) is 0. The highest BCUT2D eigenvalue weighted by atomic mass is 35.5. The van der Waals surface area contributed by atoms with Crippen molar-refractivity contribution >= 4 is 11.6 Å². The molecule has 0 unspecified atom stereocenters. The maximum atomic E-state index is 13.3. The highest BCUT2D eigenvalue weighted by Gasteiger charge is 2.03. The lowest BCUT2D eigenvalue weighted by Crippen LogP contribution is -1.92. The molecule has 0 atom stereocenters. The van der Waals surface area contributed by atoms with Crippen LogP contribution in [0.2, 0.25) is 5.02 Å². The fourth-order valence-corrected chi connectivity index (χ4v) is 1.74. The van der Waals surface area contributed by atoms with Crippen LogP contribution in [-0.2, 0) is 6.42 Å². The van der Waals surface area contributed by atoms with Crippen LogP contribution in [0.25, 0.3) is 0 Å². The molecule has 0 bridgehead atoms. The van der Waals surface area contributed by atoms with Gasteiger partial charge in [0.15, 0.2) is 0 Å². The van der Waals surface area contributed by atoms with Gasteiger partial charge in [0.1, 0.15) is 5.82 Å². The summed E-state index contributed by atoms with van der Waals surface area (Å²) < 4.78 is 13.3. The summed E-state index contributed by atoms with van der Waals surface area (Å²) in [6, 6.07) is 14.3. The number of benzene rings is 2. The average molecular weight is 234 g/mol. The van der Waals surface area contributed by atoms with E-state index in [0.717, 1.165) is 5.56 Å². The lowest BCUT2D eigenvalue weighted by Gasteiger charge is -2.04. The van der Waals surface area contributed by atoms with Gasteiger partial charge in [-0.3, -0.25) is 0 Å². The van der Waals surface area contributed by atoms with E-state index >= 15 is 0 Å². The summed E-state index contributed by atoms with van der Waals surface area (Å²) in [7, 11) is 0. The van der Waals surface area contributed by atoms with Crippen molar-refractivity contribution in [3.05, 3.63) is 76.9 Å². The van der Waals surface area contributed by atoms with Gasteiger partial charge in [0.25, 0.3) is 0 Å². The molecule has 2 rings (SSSR count). The molecule has 2 aromatic carbocycles.